The number of rotatable bonds is 4. The van der Waals surface area contributed by atoms with Gasteiger partial charge in [0.15, 0.2) is 0 Å². The third kappa shape index (κ3) is 3.41. The summed E-state index contributed by atoms with van der Waals surface area (Å²) in [6.45, 7) is 3.74. The Kier molecular flexibility index (Phi) is 4.29. The molecule has 0 amide bonds. The highest BCUT2D eigenvalue weighted by Crippen LogP contribution is 2.21. The van der Waals surface area contributed by atoms with Crippen LogP contribution in [0.1, 0.15) is 23.6 Å². The first kappa shape index (κ1) is 15.1. The van der Waals surface area contributed by atoms with E-state index in [0.29, 0.717) is 16.8 Å². The monoisotopic (exact) mass is 300 g/mol. The number of benzene rings is 2. The SMILES string of the molecule is CCc1ccc(NS(=O)(=O)c2cc(C#N)ccc2C)cc1. The molecule has 21 heavy (non-hydrogen) atoms. The predicted molar refractivity (Wildman–Crippen MR) is 82.5 cm³/mol. The lowest BCUT2D eigenvalue weighted by atomic mass is 10.2. The third-order valence-electron chi connectivity index (χ3n) is 3.22. The summed E-state index contributed by atoms with van der Waals surface area (Å²) in [5.41, 5.74) is 2.57. The summed E-state index contributed by atoms with van der Waals surface area (Å²) in [7, 11) is -3.70. The highest BCUT2D eigenvalue weighted by molar-refractivity contribution is 7.92. The van der Waals surface area contributed by atoms with Gasteiger partial charge in [-0.2, -0.15) is 5.26 Å². The van der Waals surface area contributed by atoms with Gasteiger partial charge in [0.05, 0.1) is 16.5 Å². The van der Waals surface area contributed by atoms with E-state index in [4.69, 9.17) is 5.26 Å². The van der Waals surface area contributed by atoms with Crippen molar-refractivity contribution in [3.05, 3.63) is 59.2 Å². The highest BCUT2D eigenvalue weighted by atomic mass is 32.2. The summed E-state index contributed by atoms with van der Waals surface area (Å²) < 4.78 is 27.4. The Morgan fingerprint density at radius 2 is 1.81 bits per heavy atom. The first-order valence-corrected chi connectivity index (χ1v) is 8.07. The zero-order valence-electron chi connectivity index (χ0n) is 11.9. The fourth-order valence-electron chi connectivity index (χ4n) is 1.98. The number of nitriles is 1. The van der Waals surface area contributed by atoms with Gasteiger partial charge in [-0.15, -0.1) is 0 Å². The van der Waals surface area contributed by atoms with Crippen molar-refractivity contribution in [3.8, 4) is 6.07 Å². The van der Waals surface area contributed by atoms with Crippen LogP contribution >= 0.6 is 0 Å². The van der Waals surface area contributed by atoms with Gasteiger partial charge in [0.25, 0.3) is 10.0 Å². The van der Waals surface area contributed by atoms with Crippen molar-refractivity contribution in [3.63, 3.8) is 0 Å². The maximum Gasteiger partial charge on any atom is 0.262 e. The summed E-state index contributed by atoms with van der Waals surface area (Å²) in [4.78, 5) is 0.126. The number of sulfonamides is 1. The molecule has 108 valence electrons. The summed E-state index contributed by atoms with van der Waals surface area (Å²) >= 11 is 0. The maximum atomic E-state index is 12.4. The molecule has 0 fully saturated rings. The molecule has 0 bridgehead atoms. The molecule has 0 aliphatic carbocycles. The molecule has 2 aromatic carbocycles. The van der Waals surface area contributed by atoms with Gasteiger partial charge in [-0.1, -0.05) is 25.1 Å². The molecular formula is C16H16N2O2S. The van der Waals surface area contributed by atoms with Gasteiger partial charge in [0, 0.05) is 5.69 Å². The lowest BCUT2D eigenvalue weighted by Crippen LogP contribution is -2.14. The quantitative estimate of drug-likeness (QED) is 0.942. The van der Waals surface area contributed by atoms with Gasteiger partial charge in [-0.25, -0.2) is 8.42 Å². The first-order valence-electron chi connectivity index (χ1n) is 6.59. The van der Waals surface area contributed by atoms with Crippen molar-refractivity contribution in [1.29, 1.82) is 5.26 Å². The Balaban J connectivity index is 2.36. The zero-order chi connectivity index (χ0) is 15.5. The zero-order valence-corrected chi connectivity index (χ0v) is 12.7. The molecule has 1 N–H and O–H groups in total. The second-order valence-electron chi connectivity index (χ2n) is 4.75. The molecule has 0 aromatic heterocycles. The first-order chi connectivity index (χ1) is 9.96. The van der Waals surface area contributed by atoms with Gasteiger partial charge in [0.2, 0.25) is 0 Å². The minimum absolute atomic E-state index is 0.126. The van der Waals surface area contributed by atoms with Gasteiger partial charge < -0.3 is 0 Å². The second kappa shape index (κ2) is 5.98. The van der Waals surface area contributed by atoms with Crippen LogP contribution in [-0.4, -0.2) is 8.42 Å². The van der Waals surface area contributed by atoms with E-state index in [0.717, 1.165) is 12.0 Å². The van der Waals surface area contributed by atoms with Crippen LogP contribution in [0.5, 0.6) is 0 Å². The van der Waals surface area contributed by atoms with Crippen molar-refractivity contribution in [2.24, 2.45) is 0 Å². The lowest BCUT2D eigenvalue weighted by Gasteiger charge is -2.11. The number of hydrogen-bond donors (Lipinski definition) is 1. The molecule has 0 radical (unpaired) electrons. The van der Waals surface area contributed by atoms with Crippen molar-refractivity contribution < 1.29 is 8.42 Å². The average molecular weight is 300 g/mol. The predicted octanol–water partition coefficient (Wildman–Crippen LogP) is 3.23. The Labute approximate surface area is 125 Å². The number of aryl methyl sites for hydroxylation is 2. The minimum atomic E-state index is -3.70. The summed E-state index contributed by atoms with van der Waals surface area (Å²) in [5, 5.41) is 8.90. The molecule has 0 heterocycles. The molecular weight excluding hydrogens is 284 g/mol. The van der Waals surface area contributed by atoms with Crippen molar-refractivity contribution in [2.45, 2.75) is 25.2 Å². The molecule has 4 nitrogen and oxygen atoms in total. The minimum Gasteiger partial charge on any atom is -0.280 e. The molecule has 2 rings (SSSR count). The Morgan fingerprint density at radius 1 is 1.14 bits per heavy atom. The molecule has 0 aliphatic heterocycles. The summed E-state index contributed by atoms with van der Waals surface area (Å²) in [6, 6.07) is 13.8. The molecule has 0 saturated heterocycles. The van der Waals surface area contributed by atoms with E-state index < -0.39 is 10.0 Å². The molecule has 5 heteroatoms. The van der Waals surface area contributed by atoms with Gasteiger partial charge in [0.1, 0.15) is 0 Å². The Bertz CT molecular complexity index is 788. The largest absolute Gasteiger partial charge is 0.280 e. The van der Waals surface area contributed by atoms with E-state index in [1.165, 1.54) is 6.07 Å². The van der Waals surface area contributed by atoms with Crippen molar-refractivity contribution in [1.82, 2.24) is 0 Å². The van der Waals surface area contributed by atoms with E-state index in [-0.39, 0.29) is 4.90 Å². The number of anilines is 1. The number of nitrogens with zero attached hydrogens (tertiary/aromatic N) is 1. The molecule has 2 aromatic rings. The van der Waals surface area contributed by atoms with Crippen LogP contribution in [0.3, 0.4) is 0 Å². The number of nitrogens with one attached hydrogen (secondary N) is 1. The fourth-order valence-corrected chi connectivity index (χ4v) is 3.31. The molecule has 0 aliphatic rings. The van der Waals surface area contributed by atoms with Crippen LogP contribution < -0.4 is 4.72 Å². The molecule has 0 unspecified atom stereocenters. The smallest absolute Gasteiger partial charge is 0.262 e. The topological polar surface area (TPSA) is 70.0 Å². The summed E-state index contributed by atoms with van der Waals surface area (Å²) in [6.07, 6.45) is 0.899. The van der Waals surface area contributed by atoms with Gasteiger partial charge in [-0.3, -0.25) is 4.72 Å². The average Bonchev–Trinajstić information content (AvgIpc) is 2.48. The normalized spacial score (nSPS) is 10.9. The standard InChI is InChI=1S/C16H16N2O2S/c1-3-13-6-8-15(9-7-13)18-21(19,20)16-10-14(11-17)5-4-12(16)2/h4-10,18H,3H2,1-2H3. The van der Waals surface area contributed by atoms with Crippen LogP contribution in [0.2, 0.25) is 0 Å². The van der Waals surface area contributed by atoms with Crippen LogP contribution in [-0.2, 0) is 16.4 Å². The molecule has 0 saturated carbocycles. The van der Waals surface area contributed by atoms with Crippen LogP contribution in [0, 0.1) is 18.3 Å². The lowest BCUT2D eigenvalue weighted by molar-refractivity contribution is 0.600. The van der Waals surface area contributed by atoms with E-state index in [1.54, 1.807) is 31.2 Å². The Morgan fingerprint density at radius 3 is 2.38 bits per heavy atom. The third-order valence-corrected chi connectivity index (χ3v) is 4.74. The van der Waals surface area contributed by atoms with Crippen LogP contribution in [0.4, 0.5) is 5.69 Å². The second-order valence-corrected chi connectivity index (χ2v) is 6.40. The van der Waals surface area contributed by atoms with Crippen molar-refractivity contribution in [2.75, 3.05) is 4.72 Å². The van der Waals surface area contributed by atoms with E-state index in [2.05, 4.69) is 4.72 Å². The van der Waals surface area contributed by atoms with E-state index >= 15 is 0 Å². The van der Waals surface area contributed by atoms with Gasteiger partial charge in [-0.05, 0) is 48.7 Å². The molecule has 0 spiro atoms. The molecule has 0 atom stereocenters. The van der Waals surface area contributed by atoms with Crippen LogP contribution in [0.25, 0.3) is 0 Å². The van der Waals surface area contributed by atoms with Gasteiger partial charge >= 0.3 is 0 Å². The van der Waals surface area contributed by atoms with E-state index in [1.807, 2.05) is 25.1 Å². The van der Waals surface area contributed by atoms with Crippen molar-refractivity contribution >= 4 is 15.7 Å². The van der Waals surface area contributed by atoms with E-state index in [9.17, 15) is 8.42 Å². The number of hydrogen-bond acceptors (Lipinski definition) is 3. The fraction of sp³-hybridized carbons (Fsp3) is 0.188. The summed E-state index contributed by atoms with van der Waals surface area (Å²) in [5.74, 6) is 0. The maximum absolute atomic E-state index is 12.4. The highest BCUT2D eigenvalue weighted by Gasteiger charge is 2.17. The Hall–Kier alpha value is -2.32. The van der Waals surface area contributed by atoms with Crippen LogP contribution in [0.15, 0.2) is 47.4 Å².